The number of furan rings is 1. The van der Waals surface area contributed by atoms with Crippen molar-refractivity contribution >= 4 is 44.9 Å². The summed E-state index contributed by atoms with van der Waals surface area (Å²) in [5, 5.41) is 15.8. The van der Waals surface area contributed by atoms with Gasteiger partial charge in [-0.05, 0) is 48.0 Å². The van der Waals surface area contributed by atoms with Crippen LogP contribution in [0.25, 0.3) is 11.5 Å². The summed E-state index contributed by atoms with van der Waals surface area (Å²) in [6, 6.07) is 17.1. The van der Waals surface area contributed by atoms with Gasteiger partial charge in [0.1, 0.15) is 5.69 Å². The maximum atomic E-state index is 13.2. The topological polar surface area (TPSA) is 113 Å². The van der Waals surface area contributed by atoms with E-state index < -0.39 is 10.0 Å². The molecule has 0 N–H and O–H groups in total. The summed E-state index contributed by atoms with van der Waals surface area (Å²) in [5.74, 6) is 0.587. The number of rotatable bonds is 6. The van der Waals surface area contributed by atoms with Crippen molar-refractivity contribution in [3.8, 4) is 17.5 Å². The van der Waals surface area contributed by atoms with Crippen LogP contribution in [0.5, 0.6) is 0 Å². The summed E-state index contributed by atoms with van der Waals surface area (Å²) in [7, 11) is -3.72. The molecule has 0 saturated carbocycles. The molecular weight excluding hydrogens is 534 g/mol. The fourth-order valence-electron chi connectivity index (χ4n) is 3.63. The molecule has 1 aliphatic heterocycles. The fraction of sp³-hybridized carbons (Fsp3) is 0.160. The minimum absolute atomic E-state index is 0.105. The van der Waals surface area contributed by atoms with Gasteiger partial charge in [0, 0.05) is 18.5 Å². The molecule has 188 valence electrons. The van der Waals surface area contributed by atoms with Gasteiger partial charge in [0.2, 0.25) is 14.8 Å². The van der Waals surface area contributed by atoms with Crippen LogP contribution >= 0.6 is 22.9 Å². The van der Waals surface area contributed by atoms with Gasteiger partial charge in [-0.3, -0.25) is 0 Å². The van der Waals surface area contributed by atoms with E-state index in [1.165, 1.54) is 33.8 Å². The molecule has 3 heterocycles. The average Bonchev–Trinajstić information content (AvgIpc) is 3.59. The van der Waals surface area contributed by atoms with Crippen LogP contribution in [0.1, 0.15) is 11.1 Å². The number of aromatic nitrogens is 1. The zero-order valence-electron chi connectivity index (χ0n) is 19.3. The van der Waals surface area contributed by atoms with Crippen LogP contribution in [0.3, 0.4) is 0 Å². The lowest BCUT2D eigenvalue weighted by molar-refractivity contribution is 0.0730. The molecule has 0 bridgehead atoms. The Kier molecular flexibility index (Phi) is 7.36. The first kappa shape index (κ1) is 25.1. The predicted octanol–water partition coefficient (Wildman–Crippen LogP) is 4.47. The van der Waals surface area contributed by atoms with Crippen molar-refractivity contribution in [1.82, 2.24) is 8.98 Å². The Morgan fingerprint density at radius 2 is 1.89 bits per heavy atom. The standard InChI is InChI=1S/C25H20ClN5O4S2/c26-21-8-7-20(37(32,33)30-9-12-34-13-10-30)14-22(21)29-25-31(23(17-36-25)24-2-1-11-35-24)28-16-19-5-3-18(15-27)4-6-19/h1-8,11,14,16-17H,9-10,12-13H2. The van der Waals surface area contributed by atoms with Crippen LogP contribution in [0.4, 0.5) is 5.69 Å². The highest BCUT2D eigenvalue weighted by molar-refractivity contribution is 7.89. The maximum Gasteiger partial charge on any atom is 0.243 e. The molecule has 0 atom stereocenters. The van der Waals surface area contributed by atoms with Crippen molar-refractivity contribution < 1.29 is 17.6 Å². The summed E-state index contributed by atoms with van der Waals surface area (Å²) >= 11 is 7.74. The summed E-state index contributed by atoms with van der Waals surface area (Å²) < 4.78 is 40.2. The number of nitrogens with zero attached hydrogens (tertiary/aromatic N) is 5. The number of hydrogen-bond donors (Lipinski definition) is 0. The maximum absolute atomic E-state index is 13.2. The van der Waals surface area contributed by atoms with Gasteiger partial charge >= 0.3 is 0 Å². The van der Waals surface area contributed by atoms with Gasteiger partial charge in [-0.2, -0.15) is 14.7 Å². The second-order valence-corrected chi connectivity index (χ2v) is 11.1. The second-order valence-electron chi connectivity index (χ2n) is 7.91. The molecular formula is C25H20ClN5O4S2. The molecule has 0 unspecified atom stereocenters. The van der Waals surface area contributed by atoms with E-state index in [0.717, 1.165) is 5.56 Å². The third-order valence-corrected chi connectivity index (χ3v) is 8.59. The Labute approximate surface area is 222 Å². The number of nitriles is 1. The van der Waals surface area contributed by atoms with Crippen LogP contribution in [0, 0.1) is 11.3 Å². The predicted molar refractivity (Wildman–Crippen MR) is 140 cm³/mol. The SMILES string of the molecule is N#Cc1ccc(C=Nn2c(-c3ccco3)csc2=Nc2cc(S(=O)(=O)N3CCOCC3)ccc2Cl)cc1. The monoisotopic (exact) mass is 553 g/mol. The van der Waals surface area contributed by atoms with E-state index in [2.05, 4.69) is 16.2 Å². The first-order valence-corrected chi connectivity index (χ1v) is 13.9. The fourth-order valence-corrected chi connectivity index (χ4v) is 6.05. The summed E-state index contributed by atoms with van der Waals surface area (Å²) in [5.41, 5.74) is 2.29. The second kappa shape index (κ2) is 10.8. The number of thiazole rings is 1. The Balaban J connectivity index is 1.57. The van der Waals surface area contributed by atoms with Crippen molar-refractivity contribution in [2.75, 3.05) is 26.3 Å². The molecule has 0 amide bonds. The highest BCUT2D eigenvalue weighted by Crippen LogP contribution is 2.30. The summed E-state index contributed by atoms with van der Waals surface area (Å²) in [4.78, 5) is 5.24. The average molecular weight is 554 g/mol. The number of benzene rings is 2. The van der Waals surface area contributed by atoms with Crippen LogP contribution in [-0.4, -0.2) is 49.9 Å². The van der Waals surface area contributed by atoms with Crippen molar-refractivity contribution in [2.24, 2.45) is 10.1 Å². The van der Waals surface area contributed by atoms with E-state index in [1.54, 1.807) is 47.5 Å². The van der Waals surface area contributed by atoms with E-state index >= 15 is 0 Å². The molecule has 1 saturated heterocycles. The highest BCUT2D eigenvalue weighted by atomic mass is 35.5. The van der Waals surface area contributed by atoms with E-state index in [1.807, 2.05) is 11.4 Å². The summed E-state index contributed by atoms with van der Waals surface area (Å²) in [6.45, 7) is 1.29. The number of morpholine rings is 1. The first-order chi connectivity index (χ1) is 18.0. The van der Waals surface area contributed by atoms with Gasteiger partial charge in [-0.1, -0.05) is 23.7 Å². The van der Waals surface area contributed by atoms with Gasteiger partial charge in [-0.15, -0.1) is 11.3 Å². The Morgan fingerprint density at radius 3 is 2.59 bits per heavy atom. The zero-order chi connectivity index (χ0) is 25.8. The molecule has 1 fully saturated rings. The van der Waals surface area contributed by atoms with E-state index in [9.17, 15) is 8.42 Å². The normalized spacial score (nSPS) is 15.3. The van der Waals surface area contributed by atoms with Crippen molar-refractivity contribution in [3.05, 3.63) is 87.2 Å². The first-order valence-electron chi connectivity index (χ1n) is 11.2. The molecule has 2 aromatic carbocycles. The van der Waals surface area contributed by atoms with Crippen LogP contribution in [0.2, 0.25) is 5.02 Å². The Bertz CT molecular complexity index is 1640. The lowest BCUT2D eigenvalue weighted by Gasteiger charge is -2.26. The number of halogens is 1. The van der Waals surface area contributed by atoms with Crippen LogP contribution in [-0.2, 0) is 14.8 Å². The van der Waals surface area contributed by atoms with E-state index in [-0.39, 0.29) is 4.90 Å². The van der Waals surface area contributed by atoms with Crippen molar-refractivity contribution in [3.63, 3.8) is 0 Å². The van der Waals surface area contributed by atoms with E-state index in [0.29, 0.717) is 58.8 Å². The quantitative estimate of drug-likeness (QED) is 0.327. The lowest BCUT2D eigenvalue weighted by Crippen LogP contribution is -2.40. The Hall–Kier alpha value is -3.53. The van der Waals surface area contributed by atoms with Gasteiger partial charge in [-0.25, -0.2) is 18.1 Å². The van der Waals surface area contributed by atoms with Gasteiger partial charge < -0.3 is 9.15 Å². The third kappa shape index (κ3) is 5.44. The lowest BCUT2D eigenvalue weighted by atomic mass is 10.2. The molecule has 1 aliphatic rings. The molecule has 12 heteroatoms. The molecule has 0 radical (unpaired) electrons. The Morgan fingerprint density at radius 1 is 1.11 bits per heavy atom. The molecule has 0 aliphatic carbocycles. The third-order valence-electron chi connectivity index (χ3n) is 5.56. The van der Waals surface area contributed by atoms with Crippen molar-refractivity contribution in [1.29, 1.82) is 5.26 Å². The van der Waals surface area contributed by atoms with Crippen LogP contribution < -0.4 is 4.80 Å². The molecule has 5 rings (SSSR count). The van der Waals surface area contributed by atoms with Crippen molar-refractivity contribution in [2.45, 2.75) is 4.90 Å². The molecule has 0 spiro atoms. The molecule has 9 nitrogen and oxygen atoms in total. The molecule has 37 heavy (non-hydrogen) atoms. The highest BCUT2D eigenvalue weighted by Gasteiger charge is 2.27. The summed E-state index contributed by atoms with van der Waals surface area (Å²) in [6.07, 6.45) is 3.20. The van der Waals surface area contributed by atoms with Crippen LogP contribution in [0.15, 0.2) is 85.6 Å². The van der Waals surface area contributed by atoms with E-state index in [4.69, 9.17) is 26.0 Å². The zero-order valence-corrected chi connectivity index (χ0v) is 21.7. The largest absolute Gasteiger partial charge is 0.463 e. The minimum atomic E-state index is -3.72. The molecule has 4 aromatic rings. The molecule has 2 aromatic heterocycles. The number of sulfonamides is 1. The smallest absolute Gasteiger partial charge is 0.243 e. The number of ether oxygens (including phenoxy) is 1. The van der Waals surface area contributed by atoms with Gasteiger partial charge in [0.25, 0.3) is 0 Å². The number of hydrogen-bond acceptors (Lipinski definition) is 8. The van der Waals surface area contributed by atoms with Gasteiger partial charge in [0.05, 0.1) is 52.9 Å². The minimum Gasteiger partial charge on any atom is -0.463 e. The van der Waals surface area contributed by atoms with Gasteiger partial charge in [0.15, 0.2) is 5.76 Å².